The molecule has 21 heavy (non-hydrogen) atoms. The first-order chi connectivity index (χ1) is 10.2. The zero-order valence-electron chi connectivity index (χ0n) is 11.8. The van der Waals surface area contributed by atoms with Crippen LogP contribution in [-0.2, 0) is 11.4 Å². The topological polar surface area (TPSA) is 61.5 Å². The van der Waals surface area contributed by atoms with E-state index in [9.17, 15) is 4.79 Å². The highest BCUT2D eigenvalue weighted by Crippen LogP contribution is 2.29. The lowest BCUT2D eigenvalue weighted by molar-refractivity contribution is -0.113. The van der Waals surface area contributed by atoms with E-state index in [-0.39, 0.29) is 0 Å². The Kier molecular flexibility index (Phi) is 4.99. The van der Waals surface area contributed by atoms with Gasteiger partial charge in [-0.1, -0.05) is 36.4 Å². The minimum Gasteiger partial charge on any atom is -0.493 e. The Balaban J connectivity index is 2.16. The van der Waals surface area contributed by atoms with Crippen LogP contribution in [0.5, 0.6) is 11.5 Å². The number of amides is 1. The third kappa shape index (κ3) is 4.38. The third-order valence-electron chi connectivity index (χ3n) is 2.86. The highest BCUT2D eigenvalue weighted by Gasteiger charge is 2.05. The van der Waals surface area contributed by atoms with E-state index < -0.39 is 5.91 Å². The van der Waals surface area contributed by atoms with Crippen LogP contribution < -0.4 is 15.2 Å². The summed E-state index contributed by atoms with van der Waals surface area (Å²) in [5, 5.41) is 0. The molecule has 0 bridgehead atoms. The van der Waals surface area contributed by atoms with Gasteiger partial charge >= 0.3 is 0 Å². The molecule has 0 saturated carbocycles. The second-order valence-corrected chi connectivity index (χ2v) is 4.42. The van der Waals surface area contributed by atoms with Crippen molar-refractivity contribution in [3.8, 4) is 11.5 Å². The average molecular weight is 283 g/mol. The van der Waals surface area contributed by atoms with Crippen LogP contribution in [0.25, 0.3) is 6.08 Å². The fourth-order valence-electron chi connectivity index (χ4n) is 1.82. The van der Waals surface area contributed by atoms with Gasteiger partial charge in [0.2, 0.25) is 5.91 Å². The molecule has 0 aliphatic rings. The maximum atomic E-state index is 10.8. The molecule has 0 atom stereocenters. The molecule has 1 amide bonds. The number of rotatable bonds is 6. The van der Waals surface area contributed by atoms with Crippen molar-refractivity contribution in [1.29, 1.82) is 0 Å². The Hall–Kier alpha value is -2.75. The van der Waals surface area contributed by atoms with Gasteiger partial charge in [-0.05, 0) is 29.3 Å². The Morgan fingerprint density at radius 2 is 1.90 bits per heavy atom. The molecule has 0 heterocycles. The van der Waals surface area contributed by atoms with E-state index in [0.717, 1.165) is 11.1 Å². The van der Waals surface area contributed by atoms with Crippen molar-refractivity contribution in [3.05, 3.63) is 65.7 Å². The smallest absolute Gasteiger partial charge is 0.241 e. The summed E-state index contributed by atoms with van der Waals surface area (Å²) in [6.45, 7) is 0.445. The summed E-state index contributed by atoms with van der Waals surface area (Å²) in [4.78, 5) is 10.8. The summed E-state index contributed by atoms with van der Waals surface area (Å²) >= 11 is 0. The number of benzene rings is 2. The standard InChI is InChI=1S/C17H17NO3/c1-20-15-9-7-13(8-10-17(18)19)11-16(15)21-12-14-5-3-2-4-6-14/h2-11H,12H2,1H3,(H2,18,19)/b10-8-. The van der Waals surface area contributed by atoms with Crippen LogP contribution in [0.2, 0.25) is 0 Å². The first-order valence-electron chi connectivity index (χ1n) is 6.51. The molecule has 0 unspecified atom stereocenters. The van der Waals surface area contributed by atoms with Gasteiger partial charge in [0, 0.05) is 6.08 Å². The van der Waals surface area contributed by atoms with E-state index in [1.807, 2.05) is 36.4 Å². The highest BCUT2D eigenvalue weighted by atomic mass is 16.5. The van der Waals surface area contributed by atoms with Crippen LogP contribution in [0.3, 0.4) is 0 Å². The number of hydrogen-bond acceptors (Lipinski definition) is 3. The van der Waals surface area contributed by atoms with Gasteiger partial charge in [-0.3, -0.25) is 4.79 Å². The van der Waals surface area contributed by atoms with Crippen molar-refractivity contribution in [2.45, 2.75) is 6.61 Å². The van der Waals surface area contributed by atoms with Crippen LogP contribution in [0.15, 0.2) is 54.6 Å². The summed E-state index contributed by atoms with van der Waals surface area (Å²) < 4.78 is 11.1. The van der Waals surface area contributed by atoms with E-state index in [1.54, 1.807) is 25.3 Å². The number of carbonyl (C=O) groups excluding carboxylic acids is 1. The van der Waals surface area contributed by atoms with Crippen LogP contribution in [0.1, 0.15) is 11.1 Å². The van der Waals surface area contributed by atoms with E-state index in [0.29, 0.717) is 18.1 Å². The fraction of sp³-hybridized carbons (Fsp3) is 0.118. The van der Waals surface area contributed by atoms with Crippen molar-refractivity contribution >= 4 is 12.0 Å². The van der Waals surface area contributed by atoms with Crippen LogP contribution >= 0.6 is 0 Å². The average Bonchev–Trinajstić information content (AvgIpc) is 2.52. The number of ether oxygens (including phenoxy) is 2. The first-order valence-corrected chi connectivity index (χ1v) is 6.51. The molecule has 0 fully saturated rings. The molecule has 2 aromatic rings. The van der Waals surface area contributed by atoms with Gasteiger partial charge in [0.15, 0.2) is 11.5 Å². The predicted octanol–water partition coefficient (Wildman–Crippen LogP) is 2.77. The van der Waals surface area contributed by atoms with Crippen LogP contribution in [0, 0.1) is 0 Å². The quantitative estimate of drug-likeness (QED) is 0.829. The zero-order chi connectivity index (χ0) is 15.1. The Morgan fingerprint density at radius 3 is 2.57 bits per heavy atom. The summed E-state index contributed by atoms with van der Waals surface area (Å²) in [6, 6.07) is 15.3. The molecule has 0 radical (unpaired) electrons. The molecule has 4 heteroatoms. The van der Waals surface area contributed by atoms with Crippen LogP contribution in [0.4, 0.5) is 0 Å². The summed E-state index contributed by atoms with van der Waals surface area (Å²) in [5.41, 5.74) is 6.97. The Labute approximate surface area is 123 Å². The molecular formula is C17H17NO3. The summed E-state index contributed by atoms with van der Waals surface area (Å²) in [6.07, 6.45) is 2.94. The van der Waals surface area contributed by atoms with Gasteiger partial charge in [-0.15, -0.1) is 0 Å². The Bertz CT molecular complexity index is 636. The normalized spacial score (nSPS) is 10.5. The SMILES string of the molecule is COc1ccc(/C=C\C(N)=O)cc1OCc1ccccc1. The number of hydrogen-bond donors (Lipinski definition) is 1. The molecular weight excluding hydrogens is 266 g/mol. The van der Waals surface area contributed by atoms with Gasteiger partial charge in [0.05, 0.1) is 7.11 Å². The first kappa shape index (κ1) is 14.7. The predicted molar refractivity (Wildman–Crippen MR) is 82.0 cm³/mol. The van der Waals surface area contributed by atoms with Crippen molar-refractivity contribution in [1.82, 2.24) is 0 Å². The fourth-order valence-corrected chi connectivity index (χ4v) is 1.82. The Morgan fingerprint density at radius 1 is 1.14 bits per heavy atom. The number of carbonyl (C=O) groups is 1. The highest BCUT2D eigenvalue weighted by molar-refractivity contribution is 5.90. The molecule has 2 aromatic carbocycles. The van der Waals surface area contributed by atoms with Crippen molar-refractivity contribution in [3.63, 3.8) is 0 Å². The van der Waals surface area contributed by atoms with E-state index in [1.165, 1.54) is 6.08 Å². The molecule has 0 aromatic heterocycles. The zero-order valence-corrected chi connectivity index (χ0v) is 11.8. The lowest BCUT2D eigenvalue weighted by Crippen LogP contribution is -2.05. The van der Waals surface area contributed by atoms with Gasteiger partial charge in [-0.25, -0.2) is 0 Å². The lowest BCUT2D eigenvalue weighted by Gasteiger charge is -2.11. The largest absolute Gasteiger partial charge is 0.493 e. The second-order valence-electron chi connectivity index (χ2n) is 4.42. The van der Waals surface area contributed by atoms with E-state index in [2.05, 4.69) is 0 Å². The van der Waals surface area contributed by atoms with Crippen molar-refractivity contribution in [2.24, 2.45) is 5.73 Å². The summed E-state index contributed by atoms with van der Waals surface area (Å²) in [7, 11) is 1.59. The molecule has 0 spiro atoms. The van der Waals surface area contributed by atoms with E-state index in [4.69, 9.17) is 15.2 Å². The maximum absolute atomic E-state index is 10.8. The minimum absolute atomic E-state index is 0.445. The molecule has 0 saturated heterocycles. The molecule has 4 nitrogen and oxygen atoms in total. The molecule has 108 valence electrons. The third-order valence-corrected chi connectivity index (χ3v) is 2.86. The molecule has 0 aliphatic carbocycles. The lowest BCUT2D eigenvalue weighted by atomic mass is 10.2. The maximum Gasteiger partial charge on any atom is 0.241 e. The van der Waals surface area contributed by atoms with Gasteiger partial charge in [0.1, 0.15) is 6.61 Å². The van der Waals surface area contributed by atoms with Gasteiger partial charge < -0.3 is 15.2 Å². The molecule has 0 aliphatic heterocycles. The number of nitrogens with two attached hydrogens (primary N) is 1. The monoisotopic (exact) mass is 283 g/mol. The van der Waals surface area contributed by atoms with Gasteiger partial charge in [-0.2, -0.15) is 0 Å². The van der Waals surface area contributed by atoms with Crippen molar-refractivity contribution in [2.75, 3.05) is 7.11 Å². The number of primary amides is 1. The number of methoxy groups -OCH3 is 1. The van der Waals surface area contributed by atoms with E-state index >= 15 is 0 Å². The second kappa shape index (κ2) is 7.14. The minimum atomic E-state index is -0.488. The van der Waals surface area contributed by atoms with Gasteiger partial charge in [0.25, 0.3) is 0 Å². The van der Waals surface area contributed by atoms with Crippen molar-refractivity contribution < 1.29 is 14.3 Å². The van der Waals surface area contributed by atoms with Crippen LogP contribution in [-0.4, -0.2) is 13.0 Å². The molecule has 2 N–H and O–H groups in total. The molecule has 2 rings (SSSR count). The summed E-state index contributed by atoms with van der Waals surface area (Å²) in [5.74, 6) is 0.771.